The summed E-state index contributed by atoms with van der Waals surface area (Å²) in [5.74, 6) is -0.0532. The van der Waals surface area contributed by atoms with Crippen LogP contribution in [0.5, 0.6) is 5.75 Å². The van der Waals surface area contributed by atoms with E-state index >= 15 is 0 Å². The van der Waals surface area contributed by atoms with Gasteiger partial charge in [-0.3, -0.25) is 0 Å². The van der Waals surface area contributed by atoms with Crippen LogP contribution in [0, 0.1) is 6.92 Å². The second-order valence-electron chi connectivity index (χ2n) is 4.57. The molecule has 0 spiro atoms. The average molecular weight is 297 g/mol. The highest BCUT2D eigenvalue weighted by Gasteiger charge is 2.08. The van der Waals surface area contributed by atoms with Gasteiger partial charge in [0, 0.05) is 0 Å². The largest absolute Gasteiger partial charge is 0.423 e. The number of carbonyl (C=O) groups is 2. The molecule has 2 aromatic carbocycles. The number of urea groups is 1. The molecular weight excluding hydrogens is 282 g/mol. The van der Waals surface area contributed by atoms with Gasteiger partial charge in [0.15, 0.2) is 0 Å². The Hall–Kier alpha value is -3.15. The lowest BCUT2D eigenvalue weighted by Gasteiger charge is -2.05. The Labute approximate surface area is 127 Å². The Morgan fingerprint density at radius 3 is 2.68 bits per heavy atom. The molecule has 0 aromatic heterocycles. The smallest absolute Gasteiger partial charge is 0.343 e. The monoisotopic (exact) mass is 297 g/mol. The van der Waals surface area contributed by atoms with Crippen molar-refractivity contribution in [2.45, 2.75) is 6.92 Å². The van der Waals surface area contributed by atoms with Crippen molar-refractivity contribution in [2.75, 3.05) is 0 Å². The summed E-state index contributed by atoms with van der Waals surface area (Å²) < 4.78 is 5.31. The summed E-state index contributed by atoms with van der Waals surface area (Å²) >= 11 is 0. The van der Waals surface area contributed by atoms with E-state index in [1.165, 1.54) is 6.21 Å². The molecule has 0 heterocycles. The van der Waals surface area contributed by atoms with E-state index in [1.807, 2.05) is 13.0 Å². The Balaban J connectivity index is 2.08. The number of nitrogens with zero attached hydrogens (tertiary/aromatic N) is 1. The van der Waals surface area contributed by atoms with Crippen molar-refractivity contribution in [2.24, 2.45) is 10.8 Å². The summed E-state index contributed by atoms with van der Waals surface area (Å²) in [5, 5.41) is 3.64. The second kappa shape index (κ2) is 7.03. The molecule has 0 saturated carbocycles. The van der Waals surface area contributed by atoms with Crippen molar-refractivity contribution in [1.82, 2.24) is 5.43 Å². The SMILES string of the molecule is Cc1cccc(C(=O)Oc2cccc(C=NNC(N)=O)c2)c1. The third-order valence-corrected chi connectivity index (χ3v) is 2.71. The van der Waals surface area contributed by atoms with Gasteiger partial charge in [0.1, 0.15) is 5.75 Å². The Kier molecular flexibility index (Phi) is 4.87. The van der Waals surface area contributed by atoms with Gasteiger partial charge < -0.3 is 10.5 Å². The zero-order chi connectivity index (χ0) is 15.9. The molecule has 112 valence electrons. The van der Waals surface area contributed by atoms with Crippen LogP contribution in [0.25, 0.3) is 0 Å². The number of carbonyl (C=O) groups excluding carboxylic acids is 2. The van der Waals surface area contributed by atoms with Gasteiger partial charge in [-0.05, 0) is 36.8 Å². The van der Waals surface area contributed by atoms with Gasteiger partial charge in [0.25, 0.3) is 0 Å². The quantitative estimate of drug-likeness (QED) is 0.392. The maximum atomic E-state index is 12.1. The number of benzene rings is 2. The standard InChI is InChI=1S/C16H15N3O3/c1-11-4-2-6-13(8-11)15(20)22-14-7-3-5-12(9-14)10-18-19-16(17)21/h2-10H,1H3,(H3,17,19,21). The van der Waals surface area contributed by atoms with Crippen molar-refractivity contribution in [3.05, 3.63) is 65.2 Å². The molecule has 2 amide bonds. The molecule has 0 bridgehead atoms. The van der Waals surface area contributed by atoms with Gasteiger partial charge in [-0.1, -0.05) is 29.8 Å². The molecule has 22 heavy (non-hydrogen) atoms. The minimum atomic E-state index is -0.752. The van der Waals surface area contributed by atoms with Crippen molar-refractivity contribution < 1.29 is 14.3 Å². The first kappa shape index (κ1) is 15.2. The molecule has 0 aliphatic heterocycles. The maximum absolute atomic E-state index is 12.1. The Morgan fingerprint density at radius 2 is 1.95 bits per heavy atom. The minimum absolute atomic E-state index is 0.384. The fraction of sp³-hybridized carbons (Fsp3) is 0.0625. The van der Waals surface area contributed by atoms with Gasteiger partial charge in [-0.25, -0.2) is 15.0 Å². The van der Waals surface area contributed by atoms with Gasteiger partial charge >= 0.3 is 12.0 Å². The fourth-order valence-electron chi connectivity index (χ4n) is 1.77. The number of rotatable bonds is 4. The molecule has 0 aliphatic rings. The molecule has 6 nitrogen and oxygen atoms in total. The molecule has 0 fully saturated rings. The van der Waals surface area contributed by atoms with E-state index in [2.05, 4.69) is 10.5 Å². The van der Waals surface area contributed by atoms with Crippen LogP contribution in [0.4, 0.5) is 4.79 Å². The lowest BCUT2D eigenvalue weighted by Crippen LogP contribution is -2.24. The van der Waals surface area contributed by atoms with Crippen LogP contribution < -0.4 is 15.9 Å². The van der Waals surface area contributed by atoms with Crippen LogP contribution in [0.1, 0.15) is 21.5 Å². The Bertz CT molecular complexity index is 726. The molecule has 2 aromatic rings. The van der Waals surface area contributed by atoms with Crippen molar-refractivity contribution in [3.63, 3.8) is 0 Å². The van der Waals surface area contributed by atoms with Crippen molar-refractivity contribution in [3.8, 4) is 5.75 Å². The third-order valence-electron chi connectivity index (χ3n) is 2.71. The molecule has 0 atom stereocenters. The van der Waals surface area contributed by atoms with Crippen molar-refractivity contribution in [1.29, 1.82) is 0 Å². The minimum Gasteiger partial charge on any atom is -0.423 e. The van der Waals surface area contributed by atoms with Crippen LogP contribution in [0.15, 0.2) is 53.6 Å². The average Bonchev–Trinajstić information content (AvgIpc) is 2.47. The predicted molar refractivity (Wildman–Crippen MR) is 82.9 cm³/mol. The lowest BCUT2D eigenvalue weighted by atomic mass is 10.1. The van der Waals surface area contributed by atoms with Crippen molar-refractivity contribution >= 4 is 18.2 Å². The molecule has 0 unspecified atom stereocenters. The topological polar surface area (TPSA) is 93.8 Å². The normalized spacial score (nSPS) is 10.4. The number of hydrogen-bond donors (Lipinski definition) is 2. The summed E-state index contributed by atoms with van der Waals surface area (Å²) in [6.45, 7) is 1.90. The van der Waals surface area contributed by atoms with Gasteiger partial charge in [0.05, 0.1) is 11.8 Å². The van der Waals surface area contributed by atoms with E-state index in [4.69, 9.17) is 10.5 Å². The molecule has 3 N–H and O–H groups in total. The molecular formula is C16H15N3O3. The lowest BCUT2D eigenvalue weighted by molar-refractivity contribution is 0.0734. The van der Waals surface area contributed by atoms with Crippen LogP contribution in [-0.4, -0.2) is 18.2 Å². The molecule has 6 heteroatoms. The summed E-state index contributed by atoms with van der Waals surface area (Å²) in [4.78, 5) is 22.6. The number of ether oxygens (including phenoxy) is 1. The molecule has 2 rings (SSSR count). The first-order valence-corrected chi connectivity index (χ1v) is 6.52. The number of aryl methyl sites for hydroxylation is 1. The van der Waals surface area contributed by atoms with E-state index in [0.29, 0.717) is 16.9 Å². The zero-order valence-electron chi connectivity index (χ0n) is 11.9. The molecule has 0 saturated heterocycles. The first-order valence-electron chi connectivity index (χ1n) is 6.52. The second-order valence-corrected chi connectivity index (χ2v) is 4.57. The Morgan fingerprint density at radius 1 is 1.18 bits per heavy atom. The predicted octanol–water partition coefficient (Wildman–Crippen LogP) is 2.22. The summed E-state index contributed by atoms with van der Waals surface area (Å²) in [7, 11) is 0. The first-order chi connectivity index (χ1) is 10.5. The molecule has 0 radical (unpaired) electrons. The molecule has 0 aliphatic carbocycles. The maximum Gasteiger partial charge on any atom is 0.343 e. The number of nitrogens with one attached hydrogen (secondary N) is 1. The zero-order valence-corrected chi connectivity index (χ0v) is 11.9. The summed E-state index contributed by atoms with van der Waals surface area (Å²) in [5.41, 5.74) is 9.10. The van der Waals surface area contributed by atoms with Gasteiger partial charge in [-0.15, -0.1) is 0 Å². The number of primary amides is 1. The highest BCUT2D eigenvalue weighted by molar-refractivity contribution is 5.91. The van der Waals surface area contributed by atoms with Crippen LogP contribution in [-0.2, 0) is 0 Å². The van der Waals surface area contributed by atoms with Gasteiger partial charge in [-0.2, -0.15) is 5.10 Å². The fourth-order valence-corrected chi connectivity index (χ4v) is 1.77. The highest BCUT2D eigenvalue weighted by Crippen LogP contribution is 2.15. The van der Waals surface area contributed by atoms with E-state index < -0.39 is 12.0 Å². The number of hydrazone groups is 1. The van der Waals surface area contributed by atoms with Crippen LogP contribution in [0.3, 0.4) is 0 Å². The number of esters is 1. The number of hydrogen-bond acceptors (Lipinski definition) is 4. The number of nitrogens with two attached hydrogens (primary N) is 1. The summed E-state index contributed by atoms with van der Waals surface area (Å²) in [6.07, 6.45) is 1.40. The van der Waals surface area contributed by atoms with Crippen LogP contribution in [0.2, 0.25) is 0 Å². The van der Waals surface area contributed by atoms with E-state index in [9.17, 15) is 9.59 Å². The van der Waals surface area contributed by atoms with Gasteiger partial charge in [0.2, 0.25) is 0 Å². The number of amides is 2. The van der Waals surface area contributed by atoms with E-state index in [1.54, 1.807) is 42.5 Å². The van der Waals surface area contributed by atoms with E-state index in [0.717, 1.165) is 5.56 Å². The van der Waals surface area contributed by atoms with E-state index in [-0.39, 0.29) is 0 Å². The summed E-state index contributed by atoms with van der Waals surface area (Å²) in [6, 6.07) is 13.1. The third kappa shape index (κ3) is 4.45. The highest BCUT2D eigenvalue weighted by atomic mass is 16.5. The van der Waals surface area contributed by atoms with Crippen LogP contribution >= 0.6 is 0 Å².